The number of carbonyl (C=O) groups excluding carboxylic acids is 5. The molecule has 3 fully saturated rings. The van der Waals surface area contributed by atoms with Crippen LogP contribution in [0.5, 0.6) is 0 Å². The molecular weight excluding hydrogens is 474 g/mol. The van der Waals surface area contributed by atoms with Crippen molar-refractivity contribution in [2.24, 2.45) is 34.3 Å². The molecule has 208 valence electrons. The van der Waals surface area contributed by atoms with E-state index in [4.69, 9.17) is 5.73 Å². The lowest BCUT2D eigenvalue weighted by Gasteiger charge is -2.38. The maximum Gasteiger partial charge on any atom is 0.315 e. The predicted octanol–water partition coefficient (Wildman–Crippen LogP) is 1.71. The van der Waals surface area contributed by atoms with Gasteiger partial charge in [-0.2, -0.15) is 0 Å². The van der Waals surface area contributed by atoms with E-state index in [1.807, 2.05) is 41.5 Å². The highest BCUT2D eigenvalue weighted by Crippen LogP contribution is 2.65. The fraction of sp³-hybridized carbons (Fsp3) is 0.815. The molecule has 0 aromatic heterocycles. The molecule has 5 amide bonds. The van der Waals surface area contributed by atoms with E-state index in [9.17, 15) is 24.0 Å². The van der Waals surface area contributed by atoms with Crippen molar-refractivity contribution in [1.29, 1.82) is 0 Å². The van der Waals surface area contributed by atoms with Crippen LogP contribution in [0.1, 0.15) is 81.1 Å². The highest BCUT2D eigenvalue weighted by molar-refractivity contribution is 6.37. The standard InChI is InChI=1S/C27H45N5O5/c1-25(2,3)20(30-24(37)31-26(4,5)6)23(36)32-13-15-17(27(15,7)8)18(32)22(35)29-16(19(33)21(28)34)12-14-10-9-11-14/h14-18,20H,9-13H2,1-8H3,(H2,28,34)(H,29,35)(H2,30,31,37)/t15?,16-,17?,18?,20+/m0/s1. The number of amides is 5. The minimum atomic E-state index is -1.07. The lowest BCUT2D eigenvalue weighted by atomic mass is 9.80. The minimum Gasteiger partial charge on any atom is -0.363 e. The number of ketones is 1. The average Bonchev–Trinajstić information content (AvgIpc) is 3.06. The lowest BCUT2D eigenvalue weighted by molar-refractivity contribution is -0.145. The largest absolute Gasteiger partial charge is 0.363 e. The molecule has 10 heteroatoms. The summed E-state index contributed by atoms with van der Waals surface area (Å²) in [5.41, 5.74) is 4.04. The van der Waals surface area contributed by atoms with Gasteiger partial charge in [0, 0.05) is 12.1 Å². The number of Topliss-reactive ketones (excluding diaryl/α,β-unsaturated/α-hetero) is 1. The van der Waals surface area contributed by atoms with Crippen LogP contribution in [0.15, 0.2) is 0 Å². The number of carbonyl (C=O) groups is 5. The fourth-order valence-electron chi connectivity index (χ4n) is 5.86. The summed E-state index contributed by atoms with van der Waals surface area (Å²) in [7, 11) is 0. The molecule has 0 spiro atoms. The van der Waals surface area contributed by atoms with Gasteiger partial charge in [0.2, 0.25) is 17.6 Å². The Morgan fingerprint density at radius 2 is 1.59 bits per heavy atom. The van der Waals surface area contributed by atoms with Gasteiger partial charge in [0.15, 0.2) is 0 Å². The molecule has 37 heavy (non-hydrogen) atoms. The molecule has 0 aromatic carbocycles. The smallest absolute Gasteiger partial charge is 0.315 e. The van der Waals surface area contributed by atoms with Crippen LogP contribution in [0.2, 0.25) is 0 Å². The molecule has 1 aliphatic heterocycles. The number of hydrogen-bond donors (Lipinski definition) is 4. The first-order valence-electron chi connectivity index (χ1n) is 13.4. The van der Waals surface area contributed by atoms with Crippen molar-refractivity contribution >= 4 is 29.5 Å². The van der Waals surface area contributed by atoms with E-state index >= 15 is 0 Å². The van der Waals surface area contributed by atoms with Crippen LogP contribution in [0.3, 0.4) is 0 Å². The van der Waals surface area contributed by atoms with E-state index in [0.717, 1.165) is 19.3 Å². The molecule has 1 saturated heterocycles. The number of fused-ring (bicyclic) bond motifs is 1. The van der Waals surface area contributed by atoms with Crippen molar-refractivity contribution in [3.63, 3.8) is 0 Å². The Hall–Kier alpha value is -2.65. The predicted molar refractivity (Wildman–Crippen MR) is 139 cm³/mol. The normalized spacial score (nSPS) is 26.3. The lowest BCUT2D eigenvalue weighted by Crippen LogP contribution is -2.62. The quantitative estimate of drug-likeness (QED) is 0.360. The number of hydrogen-bond acceptors (Lipinski definition) is 5. The Morgan fingerprint density at radius 1 is 1.00 bits per heavy atom. The van der Waals surface area contributed by atoms with Gasteiger partial charge in [-0.1, -0.05) is 53.9 Å². The molecule has 2 saturated carbocycles. The first kappa shape index (κ1) is 28.9. The molecule has 2 aliphatic carbocycles. The molecule has 10 nitrogen and oxygen atoms in total. The molecule has 1 heterocycles. The van der Waals surface area contributed by atoms with Gasteiger partial charge >= 0.3 is 6.03 Å². The zero-order chi connectivity index (χ0) is 28.1. The highest BCUT2D eigenvalue weighted by atomic mass is 16.2. The number of nitrogens with one attached hydrogen (secondary N) is 3. The summed E-state index contributed by atoms with van der Waals surface area (Å²) in [6.07, 6.45) is 3.31. The van der Waals surface area contributed by atoms with Gasteiger partial charge in [-0.05, 0) is 55.8 Å². The minimum absolute atomic E-state index is 0.0755. The Kier molecular flexibility index (Phi) is 7.74. The Morgan fingerprint density at radius 3 is 2.05 bits per heavy atom. The molecule has 0 aromatic rings. The van der Waals surface area contributed by atoms with Gasteiger partial charge in [-0.3, -0.25) is 19.2 Å². The molecule has 3 rings (SSSR count). The topological polar surface area (TPSA) is 151 Å². The zero-order valence-corrected chi connectivity index (χ0v) is 23.6. The van der Waals surface area contributed by atoms with Crippen LogP contribution >= 0.6 is 0 Å². The van der Waals surface area contributed by atoms with Crippen LogP contribution in [0, 0.1) is 28.6 Å². The highest BCUT2D eigenvalue weighted by Gasteiger charge is 2.70. The van der Waals surface area contributed by atoms with E-state index in [-0.39, 0.29) is 29.1 Å². The van der Waals surface area contributed by atoms with E-state index < -0.39 is 52.7 Å². The third-order valence-electron chi connectivity index (χ3n) is 8.31. The third kappa shape index (κ3) is 6.26. The molecule has 0 bridgehead atoms. The monoisotopic (exact) mass is 519 g/mol. The van der Waals surface area contributed by atoms with Crippen LogP contribution < -0.4 is 21.7 Å². The molecule has 3 aliphatic rings. The number of urea groups is 1. The van der Waals surface area contributed by atoms with Crippen molar-refractivity contribution in [3.05, 3.63) is 0 Å². The number of nitrogens with two attached hydrogens (primary N) is 1. The summed E-state index contributed by atoms with van der Waals surface area (Å²) in [5, 5.41) is 8.44. The van der Waals surface area contributed by atoms with Gasteiger partial charge < -0.3 is 26.6 Å². The van der Waals surface area contributed by atoms with Crippen molar-refractivity contribution in [3.8, 4) is 0 Å². The van der Waals surface area contributed by atoms with Crippen LogP contribution in [0.4, 0.5) is 4.79 Å². The van der Waals surface area contributed by atoms with Crippen LogP contribution in [-0.2, 0) is 19.2 Å². The first-order valence-corrected chi connectivity index (χ1v) is 13.4. The van der Waals surface area contributed by atoms with Crippen molar-refractivity contribution < 1.29 is 24.0 Å². The SMILES string of the molecule is CC(C)(C)NC(=O)N[C@H](C(=O)N1CC2C(C1C(=O)N[C@@H](CC1CCC1)C(=O)C(N)=O)C2(C)C)C(C)(C)C. The number of likely N-dealkylation sites (tertiary alicyclic amines) is 1. The first-order chi connectivity index (χ1) is 16.8. The molecule has 3 unspecified atom stereocenters. The van der Waals surface area contributed by atoms with Crippen molar-refractivity contribution in [1.82, 2.24) is 20.9 Å². The molecule has 5 N–H and O–H groups in total. The van der Waals surface area contributed by atoms with Gasteiger partial charge in [0.25, 0.3) is 5.91 Å². The summed E-state index contributed by atoms with van der Waals surface area (Å²) in [5.74, 6) is -2.35. The van der Waals surface area contributed by atoms with Crippen molar-refractivity contribution in [2.45, 2.75) is 105 Å². The zero-order valence-electron chi connectivity index (χ0n) is 23.6. The maximum absolute atomic E-state index is 13.9. The van der Waals surface area contributed by atoms with Crippen molar-refractivity contribution in [2.75, 3.05) is 6.54 Å². The average molecular weight is 520 g/mol. The number of rotatable bonds is 8. The van der Waals surface area contributed by atoms with Gasteiger partial charge in [0.05, 0.1) is 6.04 Å². The second-order valence-corrected chi connectivity index (χ2v) is 13.9. The second-order valence-electron chi connectivity index (χ2n) is 13.9. The van der Waals surface area contributed by atoms with E-state index in [1.54, 1.807) is 4.90 Å². The van der Waals surface area contributed by atoms with Gasteiger partial charge in [-0.15, -0.1) is 0 Å². The number of primary amides is 1. The Balaban J connectivity index is 1.83. The molecule has 0 radical (unpaired) electrons. The summed E-state index contributed by atoms with van der Waals surface area (Å²) in [4.78, 5) is 66.1. The van der Waals surface area contributed by atoms with Gasteiger partial charge in [0.1, 0.15) is 12.1 Å². The molecular formula is C27H45N5O5. The Bertz CT molecular complexity index is 959. The van der Waals surface area contributed by atoms with Crippen LogP contribution in [0.25, 0.3) is 0 Å². The fourth-order valence-corrected chi connectivity index (χ4v) is 5.86. The van der Waals surface area contributed by atoms with E-state index in [0.29, 0.717) is 13.0 Å². The Labute approximate surface area is 220 Å². The van der Waals surface area contributed by atoms with E-state index in [2.05, 4.69) is 29.8 Å². The third-order valence-corrected chi connectivity index (χ3v) is 8.31. The number of piperidine rings is 1. The summed E-state index contributed by atoms with van der Waals surface area (Å²) in [6.45, 7) is 15.7. The van der Waals surface area contributed by atoms with E-state index in [1.165, 1.54) is 0 Å². The van der Waals surface area contributed by atoms with Crippen LogP contribution in [-0.4, -0.2) is 64.6 Å². The molecule has 5 atom stereocenters. The summed E-state index contributed by atoms with van der Waals surface area (Å²) < 4.78 is 0. The number of nitrogens with zero attached hydrogens (tertiary/aromatic N) is 1. The van der Waals surface area contributed by atoms with Gasteiger partial charge in [-0.25, -0.2) is 4.79 Å². The summed E-state index contributed by atoms with van der Waals surface area (Å²) >= 11 is 0. The summed E-state index contributed by atoms with van der Waals surface area (Å²) in [6, 6.07) is -3.13. The second kappa shape index (κ2) is 9.91. The maximum atomic E-state index is 13.9.